The molecule has 0 radical (unpaired) electrons. The Labute approximate surface area is 104 Å². The van der Waals surface area contributed by atoms with Gasteiger partial charge in [-0.15, -0.1) is 0 Å². The quantitative estimate of drug-likeness (QED) is 0.811. The molecule has 2 N–H and O–H groups in total. The Morgan fingerprint density at radius 3 is 2.88 bits per heavy atom. The van der Waals surface area contributed by atoms with E-state index >= 15 is 0 Å². The third kappa shape index (κ3) is 2.67. The lowest BCUT2D eigenvalue weighted by Gasteiger charge is -2.17. The third-order valence-corrected chi connectivity index (χ3v) is 3.15. The maximum atomic E-state index is 11.2. The summed E-state index contributed by atoms with van der Waals surface area (Å²) in [7, 11) is 0. The monoisotopic (exact) mass is 258 g/mol. The van der Waals surface area contributed by atoms with Gasteiger partial charge in [-0.25, -0.2) is 0 Å². The molecular formula is C11H12Cl2N2O. The molecule has 1 heterocycles. The van der Waals surface area contributed by atoms with Crippen LogP contribution >= 0.6 is 23.2 Å². The van der Waals surface area contributed by atoms with Crippen molar-refractivity contribution in [2.24, 2.45) is 0 Å². The second-order valence-corrected chi connectivity index (χ2v) is 4.57. The molecule has 0 bridgehead atoms. The summed E-state index contributed by atoms with van der Waals surface area (Å²) in [5.41, 5.74) is 0.966. The van der Waals surface area contributed by atoms with E-state index in [1.165, 1.54) is 0 Å². The van der Waals surface area contributed by atoms with Crippen LogP contribution in [0, 0.1) is 0 Å². The number of carbonyl (C=O) groups excluding carboxylic acids is 1. The Morgan fingerprint density at radius 2 is 2.12 bits per heavy atom. The molecule has 0 saturated carbocycles. The summed E-state index contributed by atoms with van der Waals surface area (Å²) in [6, 6.07) is 5.46. The second kappa shape index (κ2) is 5.04. The molecule has 0 spiro atoms. The van der Waals surface area contributed by atoms with Crippen LogP contribution in [0.5, 0.6) is 0 Å². The van der Waals surface area contributed by atoms with Crippen molar-refractivity contribution < 1.29 is 4.79 Å². The van der Waals surface area contributed by atoms with Gasteiger partial charge in [0, 0.05) is 29.6 Å². The van der Waals surface area contributed by atoms with Crippen LogP contribution in [0.1, 0.15) is 18.0 Å². The van der Waals surface area contributed by atoms with E-state index in [9.17, 15) is 4.79 Å². The zero-order valence-corrected chi connectivity index (χ0v) is 10.1. The molecule has 5 heteroatoms. The van der Waals surface area contributed by atoms with Crippen molar-refractivity contribution in [1.29, 1.82) is 0 Å². The van der Waals surface area contributed by atoms with Crippen molar-refractivity contribution in [3.05, 3.63) is 33.8 Å². The Hall–Kier alpha value is -0.770. The number of hydrogen-bond acceptors (Lipinski definition) is 2. The highest BCUT2D eigenvalue weighted by atomic mass is 35.5. The predicted octanol–water partition coefficient (Wildman–Crippen LogP) is 2.14. The van der Waals surface area contributed by atoms with E-state index in [4.69, 9.17) is 23.2 Å². The zero-order valence-electron chi connectivity index (χ0n) is 8.59. The highest BCUT2D eigenvalue weighted by Gasteiger charge is 2.18. The third-order valence-electron chi connectivity index (χ3n) is 2.58. The van der Waals surface area contributed by atoms with Crippen molar-refractivity contribution >= 4 is 29.1 Å². The summed E-state index contributed by atoms with van der Waals surface area (Å²) in [4.78, 5) is 11.2. The first-order valence-corrected chi connectivity index (χ1v) is 5.87. The van der Waals surface area contributed by atoms with Gasteiger partial charge in [0.15, 0.2) is 0 Å². The molecule has 1 amide bonds. The molecule has 1 aromatic rings. The van der Waals surface area contributed by atoms with Gasteiger partial charge >= 0.3 is 0 Å². The van der Waals surface area contributed by atoms with Gasteiger partial charge in [0.25, 0.3) is 0 Å². The van der Waals surface area contributed by atoms with E-state index < -0.39 is 0 Å². The fourth-order valence-corrected chi connectivity index (χ4v) is 2.28. The van der Waals surface area contributed by atoms with Crippen LogP contribution in [0.2, 0.25) is 10.0 Å². The standard InChI is InChI=1S/C11H12Cl2N2O/c12-7-1-2-8(9(13)5-7)10-6-15-11(16)3-4-14-10/h1-2,5,10,14H,3-4,6H2,(H,15,16). The van der Waals surface area contributed by atoms with Gasteiger partial charge in [-0.1, -0.05) is 29.3 Å². The first-order valence-electron chi connectivity index (χ1n) is 5.12. The Kier molecular flexibility index (Phi) is 3.69. The molecule has 1 aromatic carbocycles. The van der Waals surface area contributed by atoms with E-state index in [-0.39, 0.29) is 11.9 Å². The van der Waals surface area contributed by atoms with Crippen molar-refractivity contribution in [3.8, 4) is 0 Å². The van der Waals surface area contributed by atoms with Gasteiger partial charge in [0.1, 0.15) is 0 Å². The molecule has 1 aliphatic rings. The molecular weight excluding hydrogens is 247 g/mol. The van der Waals surface area contributed by atoms with Crippen molar-refractivity contribution in [2.45, 2.75) is 12.5 Å². The minimum Gasteiger partial charge on any atom is -0.354 e. The van der Waals surface area contributed by atoms with Crippen LogP contribution in [0.4, 0.5) is 0 Å². The van der Waals surface area contributed by atoms with E-state index in [1.807, 2.05) is 6.07 Å². The fraction of sp³-hybridized carbons (Fsp3) is 0.364. The van der Waals surface area contributed by atoms with Crippen LogP contribution in [0.25, 0.3) is 0 Å². The summed E-state index contributed by atoms with van der Waals surface area (Å²) in [6.07, 6.45) is 0.502. The van der Waals surface area contributed by atoms with Crippen molar-refractivity contribution in [3.63, 3.8) is 0 Å². The maximum Gasteiger partial charge on any atom is 0.221 e. The van der Waals surface area contributed by atoms with E-state index in [0.717, 1.165) is 5.56 Å². The molecule has 16 heavy (non-hydrogen) atoms. The Bertz CT molecular complexity index is 409. The lowest BCUT2D eigenvalue weighted by molar-refractivity contribution is -0.120. The SMILES string of the molecule is O=C1CCNC(c2ccc(Cl)cc2Cl)CN1. The highest BCUT2D eigenvalue weighted by Crippen LogP contribution is 2.26. The molecule has 3 nitrogen and oxygen atoms in total. The molecule has 0 aromatic heterocycles. The summed E-state index contributed by atoms with van der Waals surface area (Å²) in [5.74, 6) is 0.0695. The number of benzene rings is 1. The number of hydrogen-bond donors (Lipinski definition) is 2. The topological polar surface area (TPSA) is 41.1 Å². The van der Waals surface area contributed by atoms with Crippen LogP contribution in [-0.4, -0.2) is 19.0 Å². The maximum absolute atomic E-state index is 11.2. The van der Waals surface area contributed by atoms with Crippen LogP contribution in [0.3, 0.4) is 0 Å². The number of halogens is 2. The van der Waals surface area contributed by atoms with Crippen LogP contribution in [0.15, 0.2) is 18.2 Å². The Morgan fingerprint density at radius 1 is 1.31 bits per heavy atom. The summed E-state index contributed by atoms with van der Waals surface area (Å²) < 4.78 is 0. The average Bonchev–Trinajstić information content (AvgIpc) is 2.43. The molecule has 86 valence electrons. The van der Waals surface area contributed by atoms with Crippen molar-refractivity contribution in [2.75, 3.05) is 13.1 Å². The molecule has 1 atom stereocenters. The molecule has 1 fully saturated rings. The largest absolute Gasteiger partial charge is 0.354 e. The second-order valence-electron chi connectivity index (χ2n) is 3.73. The molecule has 2 rings (SSSR count). The zero-order chi connectivity index (χ0) is 11.5. The minimum absolute atomic E-state index is 0.0521. The van der Waals surface area contributed by atoms with Crippen LogP contribution in [-0.2, 0) is 4.79 Å². The first kappa shape index (κ1) is 11.7. The average molecular weight is 259 g/mol. The van der Waals surface area contributed by atoms with E-state index in [1.54, 1.807) is 12.1 Å². The number of amides is 1. The van der Waals surface area contributed by atoms with E-state index in [2.05, 4.69) is 10.6 Å². The predicted molar refractivity (Wildman–Crippen MR) is 64.8 cm³/mol. The minimum atomic E-state index is 0.0521. The first-order chi connectivity index (χ1) is 7.66. The number of carbonyl (C=O) groups is 1. The lowest BCUT2D eigenvalue weighted by atomic mass is 10.1. The lowest BCUT2D eigenvalue weighted by Crippen LogP contribution is -2.29. The Balaban J connectivity index is 2.19. The number of rotatable bonds is 1. The summed E-state index contributed by atoms with van der Waals surface area (Å²) in [5, 5.41) is 7.36. The van der Waals surface area contributed by atoms with Crippen LogP contribution < -0.4 is 10.6 Å². The number of nitrogens with one attached hydrogen (secondary N) is 2. The normalized spacial score (nSPS) is 21.4. The van der Waals surface area contributed by atoms with E-state index in [0.29, 0.717) is 29.6 Å². The van der Waals surface area contributed by atoms with Crippen molar-refractivity contribution in [1.82, 2.24) is 10.6 Å². The fourth-order valence-electron chi connectivity index (χ4n) is 1.74. The van der Waals surface area contributed by atoms with Gasteiger partial charge in [-0.2, -0.15) is 0 Å². The molecule has 1 unspecified atom stereocenters. The molecule has 0 aliphatic carbocycles. The summed E-state index contributed by atoms with van der Waals surface area (Å²) >= 11 is 12.0. The van der Waals surface area contributed by atoms with Gasteiger partial charge in [-0.3, -0.25) is 4.79 Å². The smallest absolute Gasteiger partial charge is 0.221 e. The van der Waals surface area contributed by atoms with Gasteiger partial charge in [0.2, 0.25) is 5.91 Å². The molecule has 1 aliphatic heterocycles. The van der Waals surface area contributed by atoms with Gasteiger partial charge < -0.3 is 10.6 Å². The highest BCUT2D eigenvalue weighted by molar-refractivity contribution is 6.35. The summed E-state index contributed by atoms with van der Waals surface area (Å²) in [6.45, 7) is 1.22. The molecule has 1 saturated heterocycles. The van der Waals surface area contributed by atoms with Gasteiger partial charge in [-0.05, 0) is 17.7 Å². The van der Waals surface area contributed by atoms with Gasteiger partial charge in [0.05, 0.1) is 6.04 Å².